The fraction of sp³-hybridized carbons (Fsp3) is 0.267. The smallest absolute Gasteiger partial charge is 0.336 e. The van der Waals surface area contributed by atoms with Crippen LogP contribution < -0.4 is 10.6 Å². The number of hydrogen-bond donors (Lipinski definition) is 2. The van der Waals surface area contributed by atoms with Crippen LogP contribution in [0.15, 0.2) is 29.5 Å². The quantitative estimate of drug-likeness (QED) is 0.815. The first-order chi connectivity index (χ1) is 10.8. The van der Waals surface area contributed by atoms with Gasteiger partial charge in [-0.25, -0.2) is 4.79 Å². The molecule has 2 N–H and O–H groups in total. The Kier molecular flexibility index (Phi) is 5.28. The summed E-state index contributed by atoms with van der Waals surface area (Å²) in [6, 6.07) is 4.78. The summed E-state index contributed by atoms with van der Waals surface area (Å²) in [5.74, 6) is -2.53. The van der Waals surface area contributed by atoms with Gasteiger partial charge in [0.2, 0.25) is 11.8 Å². The maximum atomic E-state index is 12.5. The zero-order chi connectivity index (χ0) is 17.1. The molecule has 1 aliphatic rings. The van der Waals surface area contributed by atoms with Crippen LogP contribution in [0.4, 0.5) is 5.69 Å². The van der Waals surface area contributed by atoms with Crippen molar-refractivity contribution in [2.45, 2.75) is 13.3 Å². The van der Waals surface area contributed by atoms with Crippen molar-refractivity contribution >= 4 is 46.7 Å². The van der Waals surface area contributed by atoms with Gasteiger partial charge in [0.25, 0.3) is 0 Å². The number of carbonyl (C=O) groups is 3. The lowest BCUT2D eigenvalue weighted by atomic mass is 9.89. The van der Waals surface area contributed by atoms with Gasteiger partial charge in [0.1, 0.15) is 0 Å². The average molecular weight is 357 g/mol. The Morgan fingerprint density at radius 2 is 2.04 bits per heavy atom. The number of carbonyl (C=O) groups excluding carboxylic acids is 3. The maximum absolute atomic E-state index is 12.5. The molecule has 0 aromatic heterocycles. The van der Waals surface area contributed by atoms with Crippen molar-refractivity contribution in [2.24, 2.45) is 5.92 Å². The number of amides is 2. The van der Waals surface area contributed by atoms with E-state index in [1.807, 2.05) is 0 Å². The fourth-order valence-corrected chi connectivity index (χ4v) is 2.67. The van der Waals surface area contributed by atoms with Gasteiger partial charge in [0, 0.05) is 12.1 Å². The first-order valence-electron chi connectivity index (χ1n) is 6.69. The summed E-state index contributed by atoms with van der Waals surface area (Å²) in [6.45, 7) is 1.54. The molecule has 2 amide bonds. The Morgan fingerprint density at radius 1 is 1.35 bits per heavy atom. The first kappa shape index (κ1) is 17.3. The number of benzene rings is 1. The molecule has 0 saturated carbocycles. The van der Waals surface area contributed by atoms with Crippen LogP contribution in [-0.4, -0.2) is 24.9 Å². The molecular weight excluding hydrogens is 343 g/mol. The third-order valence-electron chi connectivity index (χ3n) is 3.40. The molecule has 8 heteroatoms. The van der Waals surface area contributed by atoms with Crippen LogP contribution in [0.25, 0.3) is 0 Å². The number of methoxy groups -OCH3 is 1. The highest BCUT2D eigenvalue weighted by atomic mass is 35.5. The Morgan fingerprint density at radius 3 is 2.70 bits per heavy atom. The molecule has 0 saturated heterocycles. The molecule has 0 aliphatic carbocycles. The van der Waals surface area contributed by atoms with E-state index in [1.165, 1.54) is 14.0 Å². The normalized spacial score (nSPS) is 17.6. The topological polar surface area (TPSA) is 84.5 Å². The van der Waals surface area contributed by atoms with Crippen molar-refractivity contribution in [1.29, 1.82) is 0 Å². The molecular formula is C15H14Cl2N2O4. The van der Waals surface area contributed by atoms with Crippen molar-refractivity contribution in [2.75, 3.05) is 12.4 Å². The van der Waals surface area contributed by atoms with Gasteiger partial charge in [0.15, 0.2) is 0 Å². The molecule has 0 fully saturated rings. The number of allylic oxidation sites excluding steroid dienone is 1. The highest BCUT2D eigenvalue weighted by Crippen LogP contribution is 2.31. The molecule has 0 radical (unpaired) electrons. The zero-order valence-corrected chi connectivity index (χ0v) is 13.9. The van der Waals surface area contributed by atoms with Gasteiger partial charge in [-0.1, -0.05) is 29.3 Å². The summed E-state index contributed by atoms with van der Waals surface area (Å²) >= 11 is 11.9. The molecule has 1 aromatic rings. The van der Waals surface area contributed by atoms with Crippen LogP contribution in [0.5, 0.6) is 0 Å². The highest BCUT2D eigenvalue weighted by Gasteiger charge is 2.36. The second kappa shape index (κ2) is 7.02. The number of ether oxygens (including phenoxy) is 1. The van der Waals surface area contributed by atoms with Gasteiger partial charge in [0.05, 0.1) is 34.3 Å². The molecule has 1 aromatic carbocycles. The van der Waals surface area contributed by atoms with Crippen LogP contribution in [0.2, 0.25) is 10.0 Å². The molecule has 122 valence electrons. The Balaban J connectivity index is 2.32. The fourth-order valence-electron chi connectivity index (χ4n) is 2.33. The number of hydrogen-bond acceptors (Lipinski definition) is 4. The standard InChI is InChI=1S/C15H14Cl2N2O4/c1-7-12(15(22)23-2)8(6-11(20)18-7)14(21)19-10-5-3-4-9(16)13(10)17/h3-5,8H,6H2,1-2H3,(H,18,20)(H,19,21)/t8-/m1/s1. The second-order valence-corrected chi connectivity index (χ2v) is 5.71. The van der Waals surface area contributed by atoms with Gasteiger partial charge in [-0.3, -0.25) is 9.59 Å². The molecule has 1 heterocycles. The summed E-state index contributed by atoms with van der Waals surface area (Å²) < 4.78 is 4.69. The molecule has 2 rings (SSSR count). The lowest BCUT2D eigenvalue weighted by Gasteiger charge is -2.25. The molecule has 0 spiro atoms. The van der Waals surface area contributed by atoms with Gasteiger partial charge in [-0.2, -0.15) is 0 Å². The maximum Gasteiger partial charge on any atom is 0.336 e. The number of esters is 1. The number of anilines is 1. The molecule has 0 bridgehead atoms. The predicted octanol–water partition coefficient (Wildman–Crippen LogP) is 2.51. The average Bonchev–Trinajstić information content (AvgIpc) is 2.50. The van der Waals surface area contributed by atoms with Gasteiger partial charge in [-0.05, 0) is 19.1 Å². The summed E-state index contributed by atoms with van der Waals surface area (Å²) in [5.41, 5.74) is 0.713. The summed E-state index contributed by atoms with van der Waals surface area (Å²) in [4.78, 5) is 36.1. The predicted molar refractivity (Wildman–Crippen MR) is 86.1 cm³/mol. The van der Waals surface area contributed by atoms with E-state index in [9.17, 15) is 14.4 Å². The lowest BCUT2D eigenvalue weighted by Crippen LogP contribution is -2.40. The van der Waals surface area contributed by atoms with E-state index in [4.69, 9.17) is 27.9 Å². The molecule has 1 aliphatic heterocycles. The van der Waals surface area contributed by atoms with Crippen molar-refractivity contribution in [1.82, 2.24) is 5.32 Å². The van der Waals surface area contributed by atoms with Crippen molar-refractivity contribution < 1.29 is 19.1 Å². The van der Waals surface area contributed by atoms with Crippen LogP contribution in [-0.2, 0) is 19.1 Å². The minimum absolute atomic E-state index is 0.114. The van der Waals surface area contributed by atoms with Crippen LogP contribution >= 0.6 is 23.2 Å². The number of nitrogens with one attached hydrogen (secondary N) is 2. The van der Waals surface area contributed by atoms with E-state index in [1.54, 1.807) is 18.2 Å². The number of rotatable bonds is 3. The van der Waals surface area contributed by atoms with Crippen molar-refractivity contribution in [3.63, 3.8) is 0 Å². The third kappa shape index (κ3) is 3.65. The van der Waals surface area contributed by atoms with E-state index in [0.717, 1.165) is 0 Å². The molecule has 6 nitrogen and oxygen atoms in total. The third-order valence-corrected chi connectivity index (χ3v) is 4.22. The van der Waals surface area contributed by atoms with Crippen LogP contribution in [0.1, 0.15) is 13.3 Å². The highest BCUT2D eigenvalue weighted by molar-refractivity contribution is 6.44. The van der Waals surface area contributed by atoms with E-state index in [-0.39, 0.29) is 27.9 Å². The number of halogens is 2. The monoisotopic (exact) mass is 356 g/mol. The SMILES string of the molecule is COC(=O)C1=C(C)NC(=O)C[C@H]1C(=O)Nc1cccc(Cl)c1Cl. The Labute approximate surface area is 142 Å². The largest absolute Gasteiger partial charge is 0.466 e. The van der Waals surface area contributed by atoms with Gasteiger partial charge in [-0.15, -0.1) is 0 Å². The Hall–Kier alpha value is -2.05. The summed E-state index contributed by atoms with van der Waals surface area (Å²) in [6.07, 6.45) is -0.161. The first-order valence-corrected chi connectivity index (χ1v) is 7.44. The zero-order valence-electron chi connectivity index (χ0n) is 12.4. The summed E-state index contributed by atoms with van der Waals surface area (Å²) in [5, 5.41) is 5.59. The molecule has 1 atom stereocenters. The minimum Gasteiger partial charge on any atom is -0.466 e. The lowest BCUT2D eigenvalue weighted by molar-refractivity contribution is -0.139. The van der Waals surface area contributed by atoms with E-state index in [2.05, 4.69) is 10.6 Å². The van der Waals surface area contributed by atoms with Gasteiger partial charge < -0.3 is 15.4 Å². The van der Waals surface area contributed by atoms with E-state index >= 15 is 0 Å². The van der Waals surface area contributed by atoms with Crippen molar-refractivity contribution in [3.05, 3.63) is 39.5 Å². The van der Waals surface area contributed by atoms with Crippen molar-refractivity contribution in [3.8, 4) is 0 Å². The van der Waals surface area contributed by atoms with Crippen LogP contribution in [0.3, 0.4) is 0 Å². The minimum atomic E-state index is -0.966. The summed E-state index contributed by atoms with van der Waals surface area (Å²) in [7, 11) is 1.21. The van der Waals surface area contributed by atoms with E-state index in [0.29, 0.717) is 11.4 Å². The molecule has 23 heavy (non-hydrogen) atoms. The Bertz CT molecular complexity index is 715. The van der Waals surface area contributed by atoms with Gasteiger partial charge >= 0.3 is 5.97 Å². The molecule has 0 unspecified atom stereocenters. The second-order valence-electron chi connectivity index (χ2n) is 4.93. The van der Waals surface area contributed by atoms with E-state index < -0.39 is 17.8 Å². The van der Waals surface area contributed by atoms with Crippen LogP contribution in [0, 0.1) is 5.92 Å².